The molecule has 4 nitrogen and oxygen atoms in total. The first kappa shape index (κ1) is 15.9. The number of rotatable bonds is 4. The summed E-state index contributed by atoms with van der Waals surface area (Å²) < 4.78 is 0. The van der Waals surface area contributed by atoms with E-state index in [2.05, 4.69) is 35.6 Å². The molecule has 128 valence electrons. The topological polar surface area (TPSA) is 49.4 Å². The van der Waals surface area contributed by atoms with Gasteiger partial charge >= 0.3 is 0 Å². The van der Waals surface area contributed by atoms with Crippen LogP contribution in [0.25, 0.3) is 0 Å². The molecule has 2 aliphatic rings. The van der Waals surface area contributed by atoms with E-state index in [0.717, 1.165) is 12.8 Å². The molecule has 2 aromatic carbocycles. The number of hydrogen-bond donors (Lipinski definition) is 1. The third-order valence-electron chi connectivity index (χ3n) is 5.11. The summed E-state index contributed by atoms with van der Waals surface area (Å²) in [5.41, 5.74) is 3.69. The molecular weight excluding hydrogens is 312 g/mol. The summed E-state index contributed by atoms with van der Waals surface area (Å²) in [7, 11) is 0. The van der Waals surface area contributed by atoms with Gasteiger partial charge in [0.2, 0.25) is 11.8 Å². The largest absolute Gasteiger partial charge is 0.347 e. The maximum absolute atomic E-state index is 12.6. The van der Waals surface area contributed by atoms with Crippen LogP contribution < -0.4 is 5.32 Å². The van der Waals surface area contributed by atoms with Crippen molar-refractivity contribution in [2.75, 3.05) is 13.1 Å². The maximum atomic E-state index is 12.6. The van der Waals surface area contributed by atoms with E-state index in [1.807, 2.05) is 29.2 Å². The smallest absolute Gasteiger partial charge is 0.242 e. The van der Waals surface area contributed by atoms with Gasteiger partial charge in [-0.05, 0) is 29.5 Å². The van der Waals surface area contributed by atoms with E-state index < -0.39 is 0 Å². The fourth-order valence-corrected chi connectivity index (χ4v) is 3.53. The van der Waals surface area contributed by atoms with E-state index in [0.29, 0.717) is 13.1 Å². The van der Waals surface area contributed by atoms with E-state index in [9.17, 15) is 9.59 Å². The van der Waals surface area contributed by atoms with Gasteiger partial charge in [-0.3, -0.25) is 9.59 Å². The molecule has 25 heavy (non-hydrogen) atoms. The molecule has 4 heteroatoms. The SMILES string of the molecule is O=C(NCC(=O)N1Cc2ccccc2C(c2ccccc2)C1)C1CC1. The second-order valence-corrected chi connectivity index (χ2v) is 6.93. The minimum Gasteiger partial charge on any atom is -0.347 e. The van der Waals surface area contributed by atoms with Gasteiger partial charge in [-0.25, -0.2) is 0 Å². The zero-order chi connectivity index (χ0) is 17.2. The summed E-state index contributed by atoms with van der Waals surface area (Å²) in [4.78, 5) is 26.3. The summed E-state index contributed by atoms with van der Waals surface area (Å²) >= 11 is 0. The molecule has 4 rings (SSSR count). The molecule has 2 amide bonds. The highest BCUT2D eigenvalue weighted by molar-refractivity contribution is 5.87. The highest BCUT2D eigenvalue weighted by atomic mass is 16.2. The Bertz CT molecular complexity index is 783. The van der Waals surface area contributed by atoms with E-state index in [1.165, 1.54) is 16.7 Å². The van der Waals surface area contributed by atoms with Crippen LogP contribution in [0.1, 0.15) is 35.4 Å². The lowest BCUT2D eigenvalue weighted by Crippen LogP contribution is -2.44. The fraction of sp³-hybridized carbons (Fsp3) is 0.333. The number of amides is 2. The summed E-state index contributed by atoms with van der Waals surface area (Å²) in [6, 6.07) is 18.6. The van der Waals surface area contributed by atoms with Gasteiger partial charge in [-0.1, -0.05) is 54.6 Å². The molecule has 1 unspecified atom stereocenters. The van der Waals surface area contributed by atoms with E-state index in [1.54, 1.807) is 0 Å². The van der Waals surface area contributed by atoms with Crippen LogP contribution in [0, 0.1) is 5.92 Å². The number of carbonyl (C=O) groups is 2. The molecule has 0 spiro atoms. The van der Waals surface area contributed by atoms with Crippen molar-refractivity contribution in [2.24, 2.45) is 5.92 Å². The van der Waals surface area contributed by atoms with Crippen molar-refractivity contribution in [3.63, 3.8) is 0 Å². The molecule has 1 heterocycles. The molecule has 0 bridgehead atoms. The number of benzene rings is 2. The molecule has 1 aliphatic carbocycles. The molecule has 2 aromatic rings. The Morgan fingerprint density at radius 2 is 1.72 bits per heavy atom. The number of carbonyl (C=O) groups excluding carboxylic acids is 2. The molecule has 1 aliphatic heterocycles. The van der Waals surface area contributed by atoms with Crippen molar-refractivity contribution in [3.8, 4) is 0 Å². The highest BCUT2D eigenvalue weighted by Gasteiger charge is 2.31. The molecular formula is C21H22N2O2. The highest BCUT2D eigenvalue weighted by Crippen LogP contribution is 2.33. The molecule has 1 saturated carbocycles. The third-order valence-corrected chi connectivity index (χ3v) is 5.11. The predicted molar refractivity (Wildman–Crippen MR) is 95.9 cm³/mol. The molecule has 0 saturated heterocycles. The van der Waals surface area contributed by atoms with Crippen molar-refractivity contribution >= 4 is 11.8 Å². The van der Waals surface area contributed by atoms with Crippen LogP contribution in [0.15, 0.2) is 54.6 Å². The summed E-state index contributed by atoms with van der Waals surface area (Å²) in [6.45, 7) is 1.36. The molecule has 0 aromatic heterocycles. The van der Waals surface area contributed by atoms with Gasteiger partial charge in [0, 0.05) is 24.9 Å². The lowest BCUT2D eigenvalue weighted by Gasteiger charge is -2.35. The summed E-state index contributed by atoms with van der Waals surface area (Å²) in [6.07, 6.45) is 1.90. The quantitative estimate of drug-likeness (QED) is 0.934. The minimum atomic E-state index is -0.00978. The Morgan fingerprint density at radius 3 is 2.48 bits per heavy atom. The first-order valence-corrected chi connectivity index (χ1v) is 8.90. The molecule has 0 radical (unpaired) electrons. The zero-order valence-electron chi connectivity index (χ0n) is 14.2. The normalized spacial score (nSPS) is 19.2. The number of hydrogen-bond acceptors (Lipinski definition) is 2. The van der Waals surface area contributed by atoms with Crippen molar-refractivity contribution in [1.29, 1.82) is 0 Å². The maximum Gasteiger partial charge on any atom is 0.242 e. The second-order valence-electron chi connectivity index (χ2n) is 6.93. The molecule has 1 N–H and O–H groups in total. The van der Waals surface area contributed by atoms with Crippen LogP contribution in [-0.4, -0.2) is 29.8 Å². The lowest BCUT2D eigenvalue weighted by atomic mass is 9.84. The Kier molecular flexibility index (Phi) is 4.26. The van der Waals surface area contributed by atoms with Gasteiger partial charge in [-0.2, -0.15) is 0 Å². The predicted octanol–water partition coefficient (Wildman–Crippen LogP) is 2.69. The van der Waals surface area contributed by atoms with Crippen molar-refractivity contribution in [3.05, 3.63) is 71.3 Å². The Balaban J connectivity index is 1.52. The number of nitrogens with one attached hydrogen (secondary N) is 1. The van der Waals surface area contributed by atoms with E-state index in [-0.39, 0.29) is 30.2 Å². The first-order valence-electron chi connectivity index (χ1n) is 8.90. The van der Waals surface area contributed by atoms with Gasteiger partial charge in [0.15, 0.2) is 0 Å². The van der Waals surface area contributed by atoms with Crippen molar-refractivity contribution < 1.29 is 9.59 Å². The van der Waals surface area contributed by atoms with Gasteiger partial charge < -0.3 is 10.2 Å². The van der Waals surface area contributed by atoms with Crippen LogP contribution in [0.5, 0.6) is 0 Å². The Morgan fingerprint density at radius 1 is 1.00 bits per heavy atom. The van der Waals surface area contributed by atoms with Crippen LogP contribution >= 0.6 is 0 Å². The summed E-state index contributed by atoms with van der Waals surface area (Å²) in [5, 5.41) is 2.79. The second kappa shape index (κ2) is 6.71. The average molecular weight is 334 g/mol. The number of nitrogens with zero attached hydrogens (tertiary/aromatic N) is 1. The van der Waals surface area contributed by atoms with Gasteiger partial charge in [0.25, 0.3) is 0 Å². The van der Waals surface area contributed by atoms with Crippen LogP contribution in [0.4, 0.5) is 0 Å². The lowest BCUT2D eigenvalue weighted by molar-refractivity contribution is -0.134. The van der Waals surface area contributed by atoms with Gasteiger partial charge in [0.05, 0.1) is 6.54 Å². The zero-order valence-corrected chi connectivity index (χ0v) is 14.2. The average Bonchev–Trinajstić information content (AvgIpc) is 3.51. The number of fused-ring (bicyclic) bond motifs is 1. The van der Waals surface area contributed by atoms with Crippen LogP contribution in [0.3, 0.4) is 0 Å². The van der Waals surface area contributed by atoms with E-state index >= 15 is 0 Å². The van der Waals surface area contributed by atoms with Gasteiger partial charge in [-0.15, -0.1) is 0 Å². The minimum absolute atomic E-state index is 0.00978. The van der Waals surface area contributed by atoms with Crippen molar-refractivity contribution in [2.45, 2.75) is 25.3 Å². The van der Waals surface area contributed by atoms with E-state index in [4.69, 9.17) is 0 Å². The monoisotopic (exact) mass is 334 g/mol. The van der Waals surface area contributed by atoms with Crippen LogP contribution in [-0.2, 0) is 16.1 Å². The molecule has 1 fully saturated rings. The standard InChI is InChI=1S/C21H22N2O2/c24-20(12-22-21(25)16-10-11-16)23-13-17-8-4-5-9-18(17)19(14-23)15-6-2-1-3-7-15/h1-9,16,19H,10-14H2,(H,22,25). The molecule has 1 atom stereocenters. The third kappa shape index (κ3) is 3.43. The van der Waals surface area contributed by atoms with Gasteiger partial charge in [0.1, 0.15) is 0 Å². The van der Waals surface area contributed by atoms with Crippen molar-refractivity contribution in [1.82, 2.24) is 10.2 Å². The Labute approximate surface area is 147 Å². The summed E-state index contributed by atoms with van der Waals surface area (Å²) in [5.74, 6) is 0.316. The first-order chi connectivity index (χ1) is 12.2. The fourth-order valence-electron chi connectivity index (χ4n) is 3.53. The van der Waals surface area contributed by atoms with Crippen LogP contribution in [0.2, 0.25) is 0 Å². The Hall–Kier alpha value is -2.62.